The summed E-state index contributed by atoms with van der Waals surface area (Å²) in [5.74, 6) is -0.950. The first-order chi connectivity index (χ1) is 13.8. The Morgan fingerprint density at radius 1 is 1.21 bits per heavy atom. The van der Waals surface area contributed by atoms with Crippen LogP contribution in [0.4, 0.5) is 10.1 Å². The molecule has 0 saturated carbocycles. The number of nitrogens with one attached hydrogen (secondary N) is 1. The van der Waals surface area contributed by atoms with Gasteiger partial charge < -0.3 is 10.1 Å². The number of benzene rings is 2. The van der Waals surface area contributed by atoms with E-state index in [1.165, 1.54) is 28.6 Å². The highest BCUT2D eigenvalue weighted by Gasteiger charge is 2.28. The molecule has 154 valence electrons. The van der Waals surface area contributed by atoms with Crippen molar-refractivity contribution < 1.29 is 22.3 Å². The highest BCUT2D eigenvalue weighted by Crippen LogP contribution is 2.24. The van der Waals surface area contributed by atoms with Crippen molar-refractivity contribution in [3.8, 4) is 0 Å². The van der Waals surface area contributed by atoms with Gasteiger partial charge in [0.2, 0.25) is 15.9 Å². The Bertz CT molecular complexity index is 1050. The smallest absolute Gasteiger partial charge is 0.248 e. The monoisotopic (exact) mass is 482 g/mol. The van der Waals surface area contributed by atoms with E-state index in [0.29, 0.717) is 42.0 Å². The number of aryl methyl sites for hydroxylation is 1. The minimum atomic E-state index is -3.69. The average molecular weight is 483 g/mol. The molecule has 0 bridgehead atoms. The molecule has 1 aliphatic rings. The lowest BCUT2D eigenvalue weighted by Crippen LogP contribution is -2.40. The lowest BCUT2D eigenvalue weighted by Gasteiger charge is -2.26. The second kappa shape index (κ2) is 9.17. The predicted octanol–water partition coefficient (Wildman–Crippen LogP) is 3.57. The number of amides is 1. The molecule has 1 N–H and O–H groups in total. The molecule has 3 rings (SSSR count). The number of hydrogen-bond donors (Lipinski definition) is 1. The lowest BCUT2D eigenvalue weighted by atomic mass is 10.2. The van der Waals surface area contributed by atoms with Crippen LogP contribution < -0.4 is 5.32 Å². The lowest BCUT2D eigenvalue weighted by molar-refractivity contribution is -0.111. The van der Waals surface area contributed by atoms with Crippen molar-refractivity contribution in [2.45, 2.75) is 11.8 Å². The Balaban J connectivity index is 1.78. The fraction of sp³-hybridized carbons (Fsp3) is 0.250. The second-order valence-corrected chi connectivity index (χ2v) is 9.31. The zero-order valence-electron chi connectivity index (χ0n) is 15.7. The standard InChI is InChI=1S/C20H20BrFN2O4S/c1-14-2-5-17(13-19(14)29(26,27)24-8-10-28-11-9-24)23-20(25)7-3-15-12-16(21)4-6-18(15)22/h2-7,12-13H,8-11H2,1H3,(H,23,25)/b7-3+. The Hall–Kier alpha value is -2.07. The normalized spacial score (nSPS) is 15.6. The van der Waals surface area contributed by atoms with Crippen LogP contribution in [0.25, 0.3) is 6.08 Å². The minimum absolute atomic E-state index is 0.138. The van der Waals surface area contributed by atoms with E-state index in [1.54, 1.807) is 31.2 Å². The highest BCUT2D eigenvalue weighted by molar-refractivity contribution is 9.10. The van der Waals surface area contributed by atoms with Gasteiger partial charge in [0.05, 0.1) is 18.1 Å². The average Bonchev–Trinajstić information content (AvgIpc) is 2.70. The van der Waals surface area contributed by atoms with E-state index >= 15 is 0 Å². The van der Waals surface area contributed by atoms with Crippen LogP contribution in [0.2, 0.25) is 0 Å². The van der Waals surface area contributed by atoms with Crippen molar-refractivity contribution in [1.82, 2.24) is 4.31 Å². The van der Waals surface area contributed by atoms with Gasteiger partial charge in [0, 0.05) is 34.9 Å². The maximum absolute atomic E-state index is 13.8. The van der Waals surface area contributed by atoms with Crippen molar-refractivity contribution in [3.05, 3.63) is 63.9 Å². The maximum Gasteiger partial charge on any atom is 0.248 e. The molecule has 0 unspecified atom stereocenters. The molecule has 1 amide bonds. The summed E-state index contributed by atoms with van der Waals surface area (Å²) in [5.41, 5.74) is 1.18. The molecule has 0 spiro atoms. The van der Waals surface area contributed by atoms with Gasteiger partial charge in [-0.3, -0.25) is 4.79 Å². The predicted molar refractivity (Wildman–Crippen MR) is 113 cm³/mol. The first-order valence-electron chi connectivity index (χ1n) is 8.90. The maximum atomic E-state index is 13.8. The van der Waals surface area contributed by atoms with Crippen LogP contribution in [-0.4, -0.2) is 44.9 Å². The molecule has 0 aromatic heterocycles. The van der Waals surface area contributed by atoms with Crippen molar-refractivity contribution in [1.29, 1.82) is 0 Å². The molecule has 1 fully saturated rings. The summed E-state index contributed by atoms with van der Waals surface area (Å²) >= 11 is 3.25. The largest absolute Gasteiger partial charge is 0.379 e. The van der Waals surface area contributed by atoms with E-state index < -0.39 is 21.7 Å². The fourth-order valence-corrected chi connectivity index (χ4v) is 4.91. The van der Waals surface area contributed by atoms with Crippen LogP contribution in [0.3, 0.4) is 0 Å². The van der Waals surface area contributed by atoms with E-state index in [2.05, 4.69) is 21.2 Å². The number of nitrogens with zero attached hydrogens (tertiary/aromatic N) is 1. The number of sulfonamides is 1. The molecule has 2 aromatic rings. The van der Waals surface area contributed by atoms with E-state index in [4.69, 9.17) is 4.74 Å². The molecular weight excluding hydrogens is 463 g/mol. The van der Waals surface area contributed by atoms with Crippen LogP contribution >= 0.6 is 15.9 Å². The molecule has 1 aliphatic heterocycles. The number of morpholine rings is 1. The highest BCUT2D eigenvalue weighted by atomic mass is 79.9. The van der Waals surface area contributed by atoms with Crippen LogP contribution in [0.15, 0.2) is 51.8 Å². The van der Waals surface area contributed by atoms with Crippen molar-refractivity contribution in [3.63, 3.8) is 0 Å². The van der Waals surface area contributed by atoms with Gasteiger partial charge in [-0.15, -0.1) is 0 Å². The van der Waals surface area contributed by atoms with Crippen LogP contribution in [-0.2, 0) is 19.6 Å². The van der Waals surface area contributed by atoms with Gasteiger partial charge in [-0.1, -0.05) is 22.0 Å². The van der Waals surface area contributed by atoms with Crippen LogP contribution in [0.1, 0.15) is 11.1 Å². The Kier molecular flexibility index (Phi) is 6.84. The number of ether oxygens (including phenoxy) is 1. The SMILES string of the molecule is Cc1ccc(NC(=O)/C=C/c2cc(Br)ccc2F)cc1S(=O)(=O)N1CCOCC1. The van der Waals surface area contributed by atoms with Crippen molar-refractivity contribution >= 4 is 43.6 Å². The van der Waals surface area contributed by atoms with E-state index in [9.17, 15) is 17.6 Å². The van der Waals surface area contributed by atoms with Crippen molar-refractivity contribution in [2.24, 2.45) is 0 Å². The summed E-state index contributed by atoms with van der Waals surface area (Å²) in [5, 5.41) is 2.62. The second-order valence-electron chi connectivity index (χ2n) is 6.49. The first kappa shape index (κ1) is 21.6. The Morgan fingerprint density at radius 2 is 1.93 bits per heavy atom. The zero-order valence-corrected chi connectivity index (χ0v) is 18.1. The van der Waals surface area contributed by atoms with Crippen molar-refractivity contribution in [2.75, 3.05) is 31.6 Å². The molecular formula is C20H20BrFN2O4S. The number of carbonyl (C=O) groups is 1. The first-order valence-corrected chi connectivity index (χ1v) is 11.1. The summed E-state index contributed by atoms with van der Waals surface area (Å²) < 4.78 is 46.9. The van der Waals surface area contributed by atoms with Gasteiger partial charge in [0.1, 0.15) is 5.82 Å². The minimum Gasteiger partial charge on any atom is -0.379 e. The van der Waals surface area contributed by atoms with Crippen LogP contribution in [0, 0.1) is 12.7 Å². The third kappa shape index (κ3) is 5.30. The third-order valence-electron chi connectivity index (χ3n) is 4.42. The Morgan fingerprint density at radius 3 is 2.66 bits per heavy atom. The summed E-state index contributed by atoms with van der Waals surface area (Å²) in [6, 6.07) is 9.11. The summed E-state index contributed by atoms with van der Waals surface area (Å²) in [4.78, 5) is 12.4. The molecule has 1 saturated heterocycles. The molecule has 0 aliphatic carbocycles. The molecule has 1 heterocycles. The number of rotatable bonds is 5. The topological polar surface area (TPSA) is 75.7 Å². The number of halogens is 2. The zero-order chi connectivity index (χ0) is 21.0. The van der Waals surface area contributed by atoms with Gasteiger partial charge in [0.15, 0.2) is 0 Å². The van der Waals surface area contributed by atoms with Gasteiger partial charge in [-0.05, 0) is 48.9 Å². The summed E-state index contributed by atoms with van der Waals surface area (Å²) in [7, 11) is -3.69. The quantitative estimate of drug-likeness (QED) is 0.660. The molecule has 9 heteroatoms. The molecule has 2 aromatic carbocycles. The molecule has 0 radical (unpaired) electrons. The van der Waals surface area contributed by atoms with Gasteiger partial charge >= 0.3 is 0 Å². The molecule has 0 atom stereocenters. The van der Waals surface area contributed by atoms with Gasteiger partial charge in [-0.2, -0.15) is 4.31 Å². The molecule has 29 heavy (non-hydrogen) atoms. The third-order valence-corrected chi connectivity index (χ3v) is 6.95. The fourth-order valence-electron chi connectivity index (χ4n) is 2.87. The number of carbonyl (C=O) groups excluding carboxylic acids is 1. The van der Waals surface area contributed by atoms with E-state index in [1.807, 2.05) is 0 Å². The molecule has 6 nitrogen and oxygen atoms in total. The Labute approximate surface area is 177 Å². The van der Waals surface area contributed by atoms with Crippen LogP contribution in [0.5, 0.6) is 0 Å². The summed E-state index contributed by atoms with van der Waals surface area (Å²) in [6.45, 7) is 2.99. The van der Waals surface area contributed by atoms with E-state index in [-0.39, 0.29) is 10.5 Å². The van der Waals surface area contributed by atoms with E-state index in [0.717, 1.165) is 0 Å². The number of anilines is 1. The number of hydrogen-bond acceptors (Lipinski definition) is 4. The van der Waals surface area contributed by atoms with Gasteiger partial charge in [0.25, 0.3) is 0 Å². The summed E-state index contributed by atoms with van der Waals surface area (Å²) in [6.07, 6.45) is 2.55. The van der Waals surface area contributed by atoms with Gasteiger partial charge in [-0.25, -0.2) is 12.8 Å².